The van der Waals surface area contributed by atoms with Crippen molar-refractivity contribution in [2.45, 2.75) is 12.1 Å². The predicted octanol–water partition coefficient (Wildman–Crippen LogP) is 1.58. The Hall–Kier alpha value is -0.520. The molecule has 2 rings (SSSR count). The SMILES string of the molecule is O=C(O)C1CSCC(c2cccs2)N1. The normalized spacial score (nSPS) is 27.4. The molecule has 1 aliphatic rings. The molecule has 0 saturated carbocycles. The molecule has 0 amide bonds. The van der Waals surface area contributed by atoms with Crippen LogP contribution in [-0.4, -0.2) is 28.6 Å². The van der Waals surface area contributed by atoms with E-state index in [9.17, 15) is 4.79 Å². The molecule has 1 saturated heterocycles. The van der Waals surface area contributed by atoms with Crippen molar-refractivity contribution < 1.29 is 9.90 Å². The van der Waals surface area contributed by atoms with Crippen LogP contribution < -0.4 is 5.32 Å². The van der Waals surface area contributed by atoms with Crippen molar-refractivity contribution in [3.63, 3.8) is 0 Å². The first kappa shape index (κ1) is 10.0. The summed E-state index contributed by atoms with van der Waals surface area (Å²) in [4.78, 5) is 12.0. The molecule has 1 aromatic heterocycles. The van der Waals surface area contributed by atoms with Crippen LogP contribution in [0.4, 0.5) is 0 Å². The molecular formula is C9H11NO2S2. The van der Waals surface area contributed by atoms with Crippen LogP contribution >= 0.6 is 23.1 Å². The molecule has 1 aromatic rings. The van der Waals surface area contributed by atoms with E-state index in [1.165, 1.54) is 4.88 Å². The van der Waals surface area contributed by atoms with Crippen LogP contribution in [0.25, 0.3) is 0 Å². The maximum Gasteiger partial charge on any atom is 0.321 e. The summed E-state index contributed by atoms with van der Waals surface area (Å²) in [5, 5.41) is 14.0. The van der Waals surface area contributed by atoms with Gasteiger partial charge in [-0.15, -0.1) is 11.3 Å². The first-order chi connectivity index (χ1) is 6.77. The number of thiophene rings is 1. The Morgan fingerprint density at radius 3 is 3.07 bits per heavy atom. The number of rotatable bonds is 2. The summed E-state index contributed by atoms with van der Waals surface area (Å²) in [6, 6.07) is 3.85. The molecule has 1 aliphatic heterocycles. The Labute approximate surface area is 90.5 Å². The molecule has 2 heterocycles. The van der Waals surface area contributed by atoms with E-state index in [0.717, 1.165) is 5.75 Å². The fraction of sp³-hybridized carbons (Fsp3) is 0.444. The monoisotopic (exact) mass is 229 g/mol. The van der Waals surface area contributed by atoms with Crippen LogP contribution in [-0.2, 0) is 4.79 Å². The maximum atomic E-state index is 10.8. The lowest BCUT2D eigenvalue weighted by Crippen LogP contribution is -2.45. The van der Waals surface area contributed by atoms with E-state index >= 15 is 0 Å². The molecule has 0 spiro atoms. The van der Waals surface area contributed by atoms with Crippen molar-refractivity contribution in [1.82, 2.24) is 5.32 Å². The Kier molecular flexibility index (Phi) is 3.10. The van der Waals surface area contributed by atoms with Gasteiger partial charge in [0.2, 0.25) is 0 Å². The third-order valence-electron chi connectivity index (χ3n) is 2.16. The highest BCUT2D eigenvalue weighted by Crippen LogP contribution is 2.27. The standard InChI is InChI=1S/C9H11NO2S2/c11-9(12)7-5-13-4-6(10-7)8-2-1-3-14-8/h1-3,6-7,10H,4-5H2,(H,11,12). The third-order valence-corrected chi connectivity index (χ3v) is 4.28. The second-order valence-electron chi connectivity index (χ2n) is 3.16. The van der Waals surface area contributed by atoms with Gasteiger partial charge in [-0.1, -0.05) is 6.07 Å². The lowest BCUT2D eigenvalue weighted by atomic mass is 10.2. The van der Waals surface area contributed by atoms with E-state index in [0.29, 0.717) is 5.75 Å². The first-order valence-electron chi connectivity index (χ1n) is 4.37. The van der Waals surface area contributed by atoms with E-state index in [-0.39, 0.29) is 6.04 Å². The van der Waals surface area contributed by atoms with Crippen molar-refractivity contribution in [2.75, 3.05) is 11.5 Å². The van der Waals surface area contributed by atoms with Gasteiger partial charge in [-0.05, 0) is 11.4 Å². The smallest absolute Gasteiger partial charge is 0.321 e. The summed E-state index contributed by atoms with van der Waals surface area (Å²) < 4.78 is 0. The van der Waals surface area contributed by atoms with Gasteiger partial charge < -0.3 is 5.11 Å². The van der Waals surface area contributed by atoms with Gasteiger partial charge >= 0.3 is 5.97 Å². The minimum Gasteiger partial charge on any atom is -0.480 e. The molecule has 3 nitrogen and oxygen atoms in total. The molecule has 0 aromatic carbocycles. The van der Waals surface area contributed by atoms with Crippen LogP contribution in [0.3, 0.4) is 0 Å². The Balaban J connectivity index is 2.04. The molecule has 5 heteroatoms. The second-order valence-corrected chi connectivity index (χ2v) is 5.22. The third kappa shape index (κ3) is 2.10. The molecule has 2 N–H and O–H groups in total. The van der Waals surface area contributed by atoms with Gasteiger partial charge in [-0.2, -0.15) is 11.8 Å². The highest BCUT2D eigenvalue weighted by atomic mass is 32.2. The zero-order valence-electron chi connectivity index (χ0n) is 7.47. The summed E-state index contributed by atoms with van der Waals surface area (Å²) in [6.07, 6.45) is 0. The van der Waals surface area contributed by atoms with Gasteiger partial charge in [0.05, 0.1) is 6.04 Å². The number of hydrogen-bond donors (Lipinski definition) is 2. The average molecular weight is 229 g/mol. The predicted molar refractivity (Wildman–Crippen MR) is 58.9 cm³/mol. The number of carboxylic acids is 1. The molecule has 2 unspecified atom stereocenters. The molecule has 0 radical (unpaired) electrons. The molecule has 76 valence electrons. The molecule has 1 fully saturated rings. The van der Waals surface area contributed by atoms with E-state index < -0.39 is 12.0 Å². The van der Waals surface area contributed by atoms with E-state index in [1.807, 2.05) is 17.5 Å². The molecule has 0 bridgehead atoms. The van der Waals surface area contributed by atoms with Crippen LogP contribution in [0.1, 0.15) is 10.9 Å². The zero-order valence-corrected chi connectivity index (χ0v) is 9.11. The maximum absolute atomic E-state index is 10.8. The van der Waals surface area contributed by atoms with Crippen LogP contribution in [0.15, 0.2) is 17.5 Å². The topological polar surface area (TPSA) is 49.3 Å². The summed E-state index contributed by atoms with van der Waals surface area (Å²) in [5.41, 5.74) is 0. The lowest BCUT2D eigenvalue weighted by molar-refractivity contribution is -0.139. The number of thioether (sulfide) groups is 1. The number of carboxylic acid groups (broad SMARTS) is 1. The number of nitrogens with one attached hydrogen (secondary N) is 1. The largest absolute Gasteiger partial charge is 0.480 e. The Bertz CT molecular complexity index is 313. The quantitative estimate of drug-likeness (QED) is 0.808. The van der Waals surface area contributed by atoms with Crippen molar-refractivity contribution in [3.05, 3.63) is 22.4 Å². The van der Waals surface area contributed by atoms with Crippen molar-refractivity contribution >= 4 is 29.1 Å². The van der Waals surface area contributed by atoms with Gasteiger partial charge in [0.15, 0.2) is 0 Å². The van der Waals surface area contributed by atoms with Gasteiger partial charge in [0, 0.05) is 16.4 Å². The van der Waals surface area contributed by atoms with Gasteiger partial charge in [0.1, 0.15) is 6.04 Å². The van der Waals surface area contributed by atoms with E-state index in [2.05, 4.69) is 5.32 Å². The summed E-state index contributed by atoms with van der Waals surface area (Å²) in [6.45, 7) is 0. The fourth-order valence-electron chi connectivity index (χ4n) is 1.44. The number of aliphatic carboxylic acids is 1. The Morgan fingerprint density at radius 1 is 1.57 bits per heavy atom. The average Bonchev–Trinajstić information content (AvgIpc) is 2.71. The van der Waals surface area contributed by atoms with Crippen molar-refractivity contribution in [2.24, 2.45) is 0 Å². The summed E-state index contributed by atoms with van der Waals surface area (Å²) >= 11 is 3.38. The number of hydrogen-bond acceptors (Lipinski definition) is 4. The zero-order chi connectivity index (χ0) is 9.97. The number of carbonyl (C=O) groups is 1. The van der Waals surface area contributed by atoms with Crippen LogP contribution in [0.2, 0.25) is 0 Å². The highest BCUT2D eigenvalue weighted by Gasteiger charge is 2.27. The minimum absolute atomic E-state index is 0.204. The molecule has 2 atom stereocenters. The fourth-order valence-corrected chi connectivity index (χ4v) is 3.45. The van der Waals surface area contributed by atoms with E-state index in [1.54, 1.807) is 23.1 Å². The van der Waals surface area contributed by atoms with Crippen LogP contribution in [0.5, 0.6) is 0 Å². The molecule has 14 heavy (non-hydrogen) atoms. The van der Waals surface area contributed by atoms with Gasteiger partial charge in [-0.3, -0.25) is 10.1 Å². The van der Waals surface area contributed by atoms with Crippen molar-refractivity contribution in [3.8, 4) is 0 Å². The van der Waals surface area contributed by atoms with E-state index in [4.69, 9.17) is 5.11 Å². The molecule has 0 aliphatic carbocycles. The first-order valence-corrected chi connectivity index (χ1v) is 6.41. The van der Waals surface area contributed by atoms with Gasteiger partial charge in [-0.25, -0.2) is 0 Å². The lowest BCUT2D eigenvalue weighted by Gasteiger charge is -2.27. The van der Waals surface area contributed by atoms with Crippen LogP contribution in [0, 0.1) is 0 Å². The highest BCUT2D eigenvalue weighted by molar-refractivity contribution is 7.99. The minimum atomic E-state index is -0.751. The van der Waals surface area contributed by atoms with Gasteiger partial charge in [0.25, 0.3) is 0 Å². The molecular weight excluding hydrogens is 218 g/mol. The second kappa shape index (κ2) is 4.33. The summed E-state index contributed by atoms with van der Waals surface area (Å²) in [7, 11) is 0. The Morgan fingerprint density at radius 2 is 2.43 bits per heavy atom. The van der Waals surface area contributed by atoms with Crippen molar-refractivity contribution in [1.29, 1.82) is 0 Å². The summed E-state index contributed by atoms with van der Waals surface area (Å²) in [5.74, 6) is 0.875.